The number of nitrogens with one attached hydrogen (secondary N) is 2. The van der Waals surface area contributed by atoms with Crippen molar-refractivity contribution in [3.05, 3.63) is 71.8 Å². The van der Waals surface area contributed by atoms with E-state index in [1.165, 1.54) is 5.01 Å². The monoisotopic (exact) mass is 458 g/mol. The van der Waals surface area contributed by atoms with Crippen LogP contribution in [-0.4, -0.2) is 41.6 Å². The average molecular weight is 459 g/mol. The van der Waals surface area contributed by atoms with Crippen molar-refractivity contribution in [2.45, 2.75) is 25.7 Å². The van der Waals surface area contributed by atoms with E-state index in [0.717, 1.165) is 25.9 Å². The number of fused-ring (bicyclic) bond motifs is 1. The summed E-state index contributed by atoms with van der Waals surface area (Å²) in [4.78, 5) is 53.0. The number of amides is 4. The maximum Gasteiger partial charge on any atom is 0.255 e. The van der Waals surface area contributed by atoms with E-state index in [1.807, 2.05) is 17.1 Å². The Morgan fingerprint density at radius 1 is 0.882 bits per heavy atom. The first-order valence-electron chi connectivity index (χ1n) is 11.6. The van der Waals surface area contributed by atoms with Crippen LogP contribution in [0.3, 0.4) is 0 Å². The number of benzene rings is 2. The first kappa shape index (κ1) is 21.9. The van der Waals surface area contributed by atoms with Gasteiger partial charge in [-0.2, -0.15) is 0 Å². The van der Waals surface area contributed by atoms with E-state index in [2.05, 4.69) is 10.7 Å². The first-order valence-corrected chi connectivity index (χ1v) is 11.6. The van der Waals surface area contributed by atoms with Crippen LogP contribution in [0.2, 0.25) is 0 Å². The van der Waals surface area contributed by atoms with Crippen LogP contribution < -0.4 is 15.8 Å². The highest BCUT2D eigenvalue weighted by Crippen LogP contribution is 2.32. The third-order valence-electron chi connectivity index (χ3n) is 6.66. The Hall–Kier alpha value is -3.94. The number of allylic oxidation sites excluding steroid dienone is 2. The quantitative estimate of drug-likeness (QED) is 0.688. The summed E-state index contributed by atoms with van der Waals surface area (Å²) < 4.78 is 0. The summed E-state index contributed by atoms with van der Waals surface area (Å²) in [5, 5.41) is 4.07. The minimum atomic E-state index is -0.396. The van der Waals surface area contributed by atoms with Gasteiger partial charge >= 0.3 is 0 Å². The van der Waals surface area contributed by atoms with Crippen molar-refractivity contribution in [2.75, 3.05) is 23.4 Å². The average Bonchev–Trinajstić information content (AvgIpc) is 3.41. The third-order valence-corrected chi connectivity index (χ3v) is 6.66. The van der Waals surface area contributed by atoms with Gasteiger partial charge in [-0.25, -0.2) is 5.01 Å². The van der Waals surface area contributed by atoms with E-state index in [0.29, 0.717) is 35.3 Å². The number of anilines is 2. The Bertz CT molecular complexity index is 1180. The third kappa shape index (κ3) is 4.19. The molecule has 0 spiro atoms. The zero-order chi connectivity index (χ0) is 23.7. The molecule has 3 aliphatic rings. The molecule has 2 aliphatic heterocycles. The number of hydrogen-bond donors (Lipinski definition) is 2. The van der Waals surface area contributed by atoms with Crippen molar-refractivity contribution in [2.24, 2.45) is 11.8 Å². The van der Waals surface area contributed by atoms with Gasteiger partial charge in [0.2, 0.25) is 11.8 Å². The standard InChI is InChI=1S/C26H26N4O4/c31-23(27-19-9-5-8-18(15-19)25(33)29-13-3-4-14-29)17-7-6-10-20(16-17)30-26(34)22-12-2-1-11-21(22)24(32)28-30/h1-2,5-10,15-16,21-22H,3-4,11-14H2,(H,27,31)(H,28,32). The van der Waals surface area contributed by atoms with Gasteiger partial charge in [-0.05, 0) is 62.1 Å². The second-order valence-electron chi connectivity index (χ2n) is 8.89. The highest BCUT2D eigenvalue weighted by molar-refractivity contribution is 6.08. The summed E-state index contributed by atoms with van der Waals surface area (Å²) in [6, 6.07) is 13.5. The predicted molar refractivity (Wildman–Crippen MR) is 127 cm³/mol. The number of carbonyl (C=O) groups is 4. The summed E-state index contributed by atoms with van der Waals surface area (Å²) in [5.41, 5.74) is 4.49. The van der Waals surface area contributed by atoms with Gasteiger partial charge < -0.3 is 10.2 Å². The second-order valence-corrected chi connectivity index (χ2v) is 8.89. The van der Waals surface area contributed by atoms with Crippen LogP contribution in [0.5, 0.6) is 0 Å². The van der Waals surface area contributed by atoms with Gasteiger partial charge in [-0.3, -0.25) is 24.6 Å². The zero-order valence-electron chi connectivity index (χ0n) is 18.7. The Morgan fingerprint density at radius 2 is 1.59 bits per heavy atom. The molecule has 4 amide bonds. The van der Waals surface area contributed by atoms with E-state index < -0.39 is 5.92 Å². The topological polar surface area (TPSA) is 98.8 Å². The zero-order valence-corrected chi connectivity index (χ0v) is 18.7. The molecular weight excluding hydrogens is 432 g/mol. The van der Waals surface area contributed by atoms with Crippen molar-refractivity contribution in [1.29, 1.82) is 0 Å². The number of carbonyl (C=O) groups excluding carboxylic acids is 4. The molecule has 2 unspecified atom stereocenters. The normalized spacial score (nSPS) is 21.8. The summed E-state index contributed by atoms with van der Waals surface area (Å²) >= 11 is 0. The Morgan fingerprint density at radius 3 is 2.38 bits per heavy atom. The van der Waals surface area contributed by atoms with Gasteiger partial charge in [-0.1, -0.05) is 24.3 Å². The predicted octanol–water partition coefficient (Wildman–Crippen LogP) is 3.14. The van der Waals surface area contributed by atoms with E-state index in [9.17, 15) is 19.2 Å². The summed E-state index contributed by atoms with van der Waals surface area (Å²) in [7, 11) is 0. The molecule has 2 atom stereocenters. The molecule has 8 heteroatoms. The lowest BCUT2D eigenvalue weighted by Crippen LogP contribution is -2.59. The van der Waals surface area contributed by atoms with Crippen molar-refractivity contribution in [3.8, 4) is 0 Å². The highest BCUT2D eigenvalue weighted by atomic mass is 16.2. The number of likely N-dealkylation sites (tertiary alicyclic amines) is 1. The molecule has 2 aromatic carbocycles. The van der Waals surface area contributed by atoms with Crippen LogP contribution in [-0.2, 0) is 9.59 Å². The molecule has 2 aromatic rings. The fraction of sp³-hybridized carbons (Fsp3) is 0.308. The molecule has 0 bridgehead atoms. The lowest BCUT2D eigenvalue weighted by molar-refractivity contribution is -0.139. The molecule has 0 radical (unpaired) electrons. The number of hydrogen-bond acceptors (Lipinski definition) is 4. The van der Waals surface area contributed by atoms with E-state index >= 15 is 0 Å². The van der Waals surface area contributed by atoms with Crippen molar-refractivity contribution < 1.29 is 19.2 Å². The van der Waals surface area contributed by atoms with Crippen molar-refractivity contribution in [3.63, 3.8) is 0 Å². The minimum absolute atomic E-state index is 0.0363. The Labute approximate surface area is 197 Å². The fourth-order valence-electron chi connectivity index (χ4n) is 4.80. The molecule has 2 saturated heterocycles. The second kappa shape index (κ2) is 9.13. The van der Waals surface area contributed by atoms with Crippen LogP contribution in [0, 0.1) is 11.8 Å². The Balaban J connectivity index is 1.32. The molecule has 5 rings (SSSR count). The largest absolute Gasteiger partial charge is 0.339 e. The van der Waals surface area contributed by atoms with E-state index in [1.54, 1.807) is 48.5 Å². The maximum atomic E-state index is 13.0. The van der Waals surface area contributed by atoms with Crippen molar-refractivity contribution >= 4 is 35.0 Å². The number of hydrazine groups is 1. The molecule has 8 nitrogen and oxygen atoms in total. The lowest BCUT2D eigenvalue weighted by Gasteiger charge is -2.38. The number of nitrogens with zero attached hydrogens (tertiary/aromatic N) is 2. The van der Waals surface area contributed by atoms with Gasteiger partial charge in [0.15, 0.2) is 0 Å². The fourth-order valence-corrected chi connectivity index (χ4v) is 4.80. The van der Waals surface area contributed by atoms with Gasteiger partial charge in [0.05, 0.1) is 17.5 Å². The summed E-state index contributed by atoms with van der Waals surface area (Å²) in [6.07, 6.45) is 6.97. The number of rotatable bonds is 4. The van der Waals surface area contributed by atoms with Crippen LogP contribution in [0.25, 0.3) is 0 Å². The molecule has 1 aliphatic carbocycles. The summed E-state index contributed by atoms with van der Waals surface area (Å²) in [5.74, 6) is -1.53. The van der Waals surface area contributed by atoms with Crippen LogP contribution >= 0.6 is 0 Å². The molecule has 0 saturated carbocycles. The van der Waals surface area contributed by atoms with Crippen molar-refractivity contribution in [1.82, 2.24) is 10.3 Å². The van der Waals surface area contributed by atoms with E-state index in [4.69, 9.17) is 0 Å². The Kier molecular flexibility index (Phi) is 5.88. The van der Waals surface area contributed by atoms with Crippen LogP contribution in [0.15, 0.2) is 60.7 Å². The van der Waals surface area contributed by atoms with Gasteiger partial charge in [0.25, 0.3) is 11.8 Å². The summed E-state index contributed by atoms with van der Waals surface area (Å²) in [6.45, 7) is 1.51. The lowest BCUT2D eigenvalue weighted by atomic mass is 9.80. The van der Waals surface area contributed by atoms with Gasteiger partial charge in [0, 0.05) is 29.9 Å². The smallest absolute Gasteiger partial charge is 0.255 e. The molecule has 2 N–H and O–H groups in total. The van der Waals surface area contributed by atoms with Crippen LogP contribution in [0.4, 0.5) is 11.4 Å². The van der Waals surface area contributed by atoms with E-state index in [-0.39, 0.29) is 29.5 Å². The molecule has 0 aromatic heterocycles. The molecule has 2 fully saturated rings. The maximum absolute atomic E-state index is 13.0. The SMILES string of the molecule is O=C(Nc1cccc(C(=O)N2CCCC2)c1)c1cccc(N2NC(=O)C3CC=CCC3C2=O)c1. The molecular formula is C26H26N4O4. The molecule has 174 valence electrons. The highest BCUT2D eigenvalue weighted by Gasteiger charge is 2.42. The molecule has 2 heterocycles. The first-order chi connectivity index (χ1) is 16.5. The molecule has 34 heavy (non-hydrogen) atoms. The van der Waals surface area contributed by atoms with Gasteiger partial charge in [-0.15, -0.1) is 0 Å². The van der Waals surface area contributed by atoms with Crippen LogP contribution in [0.1, 0.15) is 46.4 Å². The minimum Gasteiger partial charge on any atom is -0.339 e. The van der Waals surface area contributed by atoms with Gasteiger partial charge in [0.1, 0.15) is 0 Å².